The molecule has 0 N–H and O–H groups in total. The first-order valence-electron chi connectivity index (χ1n) is 3.09. The van der Waals surface area contributed by atoms with E-state index in [9.17, 15) is 0 Å². The Labute approximate surface area is 60.5 Å². The molecule has 13 heterocycles. The van der Waals surface area contributed by atoms with Gasteiger partial charge in [-0.25, -0.2) is 0 Å². The first kappa shape index (κ1) is 4.36. The van der Waals surface area contributed by atoms with Gasteiger partial charge in [0.25, 0.3) is 0 Å². The van der Waals surface area contributed by atoms with E-state index in [-0.39, 0.29) is 0 Å². The van der Waals surface area contributed by atoms with Gasteiger partial charge in [-0.05, 0) is 0 Å². The lowest BCUT2D eigenvalue weighted by Gasteiger charge is -3.43. The molecule has 13 saturated heterocycles. The van der Waals surface area contributed by atoms with E-state index in [1.807, 2.05) is 0 Å². The fourth-order valence-corrected chi connectivity index (χ4v) is 46.9. The molecule has 0 unspecified atom stereocenters. The Morgan fingerprint density at radius 3 is 0.900 bits per heavy atom. The maximum absolute atomic E-state index is 8.40. The van der Waals surface area contributed by atoms with Gasteiger partial charge in [0.15, 0.2) is 0 Å². The highest BCUT2D eigenvalue weighted by atomic mass is 28.9. The van der Waals surface area contributed by atoms with Gasteiger partial charge in [0.05, 0.1) is 0 Å². The second-order valence-corrected chi connectivity index (χ2v) is 17.7. The Hall–Kier alpha value is 0.308. The van der Waals surface area contributed by atoms with E-state index >= 15 is 0 Å². The van der Waals surface area contributed by atoms with Crippen molar-refractivity contribution < 1.29 is 8.92 Å². The van der Waals surface area contributed by atoms with Crippen molar-refractivity contribution in [2.24, 2.45) is 0 Å². The summed E-state index contributed by atoms with van der Waals surface area (Å²) in [5.74, 6) is 0. The minimum atomic E-state index is -1.42. The zero-order chi connectivity index (χ0) is 6.52. The molecule has 7 bridgehead atoms. The summed E-state index contributed by atoms with van der Waals surface area (Å²) in [5, 5.41) is 0. The molecule has 0 atom stereocenters. The Bertz CT molecular complexity index is 259. The molecule has 6 nitrogen and oxygen atoms in total. The van der Waals surface area contributed by atoms with Crippen LogP contribution in [0.2, 0.25) is 0 Å². The molecule has 0 saturated carbocycles. The predicted octanol–water partition coefficient (Wildman–Crippen LogP) is -3.04. The molecule has 0 aromatic carbocycles. The van der Waals surface area contributed by atoms with Gasteiger partial charge in [-0.15, -0.1) is 0 Å². The van der Waals surface area contributed by atoms with E-state index in [2.05, 4.69) is 15.6 Å². The van der Waals surface area contributed by atoms with Crippen LogP contribution < -0.4 is 0 Å². The quantitative estimate of drug-likeness (QED) is 0.388. The molecule has 48 valence electrons. The van der Waals surface area contributed by atoms with Gasteiger partial charge < -0.3 is 0 Å². The lowest BCUT2D eigenvalue weighted by molar-refractivity contribution is -0.180. The number of rotatable bonds is 0. The lowest BCUT2D eigenvalue weighted by Crippen LogP contribution is -3.81. The number of hydrogen-bond acceptors (Lipinski definition) is 6. The van der Waals surface area contributed by atoms with Crippen molar-refractivity contribution >= 4 is 35.5 Å². The predicted molar refractivity (Wildman–Crippen MR) is 31.7 cm³/mol. The van der Waals surface area contributed by atoms with E-state index < -0.39 is 35.5 Å². The van der Waals surface area contributed by atoms with Crippen molar-refractivity contribution in [2.45, 2.75) is 0 Å². The topological polar surface area (TPSA) is 47.1 Å². The number of nitrogens with zero attached hydrogens (tertiary/aromatic N) is 4. The maximum Gasteiger partial charge on any atom is 0.549 e. The van der Waals surface area contributed by atoms with Crippen molar-refractivity contribution in [1.82, 2.24) is 15.6 Å². The van der Waals surface area contributed by atoms with E-state index in [0.717, 1.165) is 0 Å². The summed E-state index contributed by atoms with van der Waals surface area (Å²) in [6.45, 7) is 0. The molecular formula is N4O2Si4. The van der Waals surface area contributed by atoms with Gasteiger partial charge >= 0.3 is 35.5 Å². The molecular weight excluding hydrogens is 200 g/mol. The molecule has 10 heteroatoms. The van der Waals surface area contributed by atoms with E-state index in [1.54, 1.807) is 0 Å². The average Bonchev–Trinajstić information content (AvgIpc) is 1.10. The molecule has 13 aliphatic heterocycles. The maximum atomic E-state index is 8.40. The molecule has 10 heavy (non-hydrogen) atoms. The summed E-state index contributed by atoms with van der Waals surface area (Å²) in [5.41, 5.74) is 0. The molecule has 0 amide bonds. The highest BCUT2D eigenvalue weighted by Crippen LogP contribution is 3.12. The second kappa shape index (κ2) is 0.655. The summed E-state index contributed by atoms with van der Waals surface area (Å²) in [7, 11) is -3.25. The monoisotopic (exact) mass is 200 g/mol. The Kier molecular flexibility index (Phi) is 0.286. The standard InChI is InChI=1S/N4Si3.O2Si/c1-5-2-6(1)3(5)7(1,2)4(5)6;1-3-2. The van der Waals surface area contributed by atoms with Gasteiger partial charge in [-0.2, -0.15) is 0 Å². The Balaban J connectivity index is 0.0000001000. The third-order valence-corrected chi connectivity index (χ3v) is 32.4. The third kappa shape index (κ3) is 0.0848. The average molecular weight is 200 g/mol. The van der Waals surface area contributed by atoms with Crippen molar-refractivity contribution in [2.75, 3.05) is 0 Å². The molecule has 13 aliphatic rings. The van der Waals surface area contributed by atoms with Crippen LogP contribution in [0.3, 0.4) is 0 Å². The SMILES string of the molecule is N12[Si]34N5[Si]16N3[Si]25N46.O=[Si]=O. The summed E-state index contributed by atoms with van der Waals surface area (Å²) < 4.78 is 28.7. The van der Waals surface area contributed by atoms with Gasteiger partial charge in [-0.1, -0.05) is 0 Å². The first-order valence-corrected chi connectivity index (χ1v) is 9.27. The van der Waals surface area contributed by atoms with Gasteiger partial charge in [0, 0.05) is 0 Å². The van der Waals surface area contributed by atoms with Crippen LogP contribution in [0.5, 0.6) is 0 Å². The van der Waals surface area contributed by atoms with Crippen molar-refractivity contribution in [3.05, 3.63) is 0 Å². The molecule has 0 radical (unpaired) electrons. The molecule has 13 fully saturated rings. The summed E-state index contributed by atoms with van der Waals surface area (Å²) in [6.07, 6.45) is 0. The Morgan fingerprint density at radius 2 is 0.900 bits per heavy atom. The van der Waals surface area contributed by atoms with Gasteiger partial charge in [0.1, 0.15) is 0 Å². The van der Waals surface area contributed by atoms with Crippen LogP contribution in [-0.4, -0.2) is 51.0 Å². The fraction of sp³-hybridized carbons (Fsp3) is 0. The van der Waals surface area contributed by atoms with E-state index in [4.69, 9.17) is 8.92 Å². The summed E-state index contributed by atoms with van der Waals surface area (Å²) in [6, 6.07) is 0. The number of hydrogen-bond donors (Lipinski definition) is 0. The van der Waals surface area contributed by atoms with E-state index in [0.29, 0.717) is 0 Å². The van der Waals surface area contributed by atoms with Crippen LogP contribution in [0.15, 0.2) is 0 Å². The summed E-state index contributed by atoms with van der Waals surface area (Å²) >= 11 is 0. The van der Waals surface area contributed by atoms with Crippen LogP contribution in [0, 0.1) is 0 Å². The second-order valence-electron chi connectivity index (χ2n) is 3.22. The smallest absolute Gasteiger partial charge is 0.274 e. The molecule has 0 aromatic heterocycles. The van der Waals surface area contributed by atoms with Crippen LogP contribution in [0.1, 0.15) is 0 Å². The highest BCUT2D eigenvalue weighted by Gasteiger charge is 3.52. The minimum Gasteiger partial charge on any atom is -0.274 e. The van der Waals surface area contributed by atoms with Crippen molar-refractivity contribution in [1.29, 1.82) is 0 Å². The third-order valence-electron chi connectivity index (χ3n) is 3.60. The van der Waals surface area contributed by atoms with E-state index in [1.165, 1.54) is 0 Å². The zero-order valence-corrected chi connectivity index (χ0v) is 8.61. The van der Waals surface area contributed by atoms with Crippen LogP contribution in [0.4, 0.5) is 0 Å². The van der Waals surface area contributed by atoms with Gasteiger partial charge in [0.2, 0.25) is 0 Å². The zero-order valence-electron chi connectivity index (χ0n) is 4.61. The summed E-state index contributed by atoms with van der Waals surface area (Å²) in [4.78, 5) is 0. The fourth-order valence-electron chi connectivity index (χ4n) is 3.41. The molecule has 0 aromatic rings. The lowest BCUT2D eigenvalue weighted by atomic mass is 13.2. The minimum absolute atomic E-state index is 0.611. The highest BCUT2D eigenvalue weighted by molar-refractivity contribution is 7.78. The molecule has 13 rings (SSSR count). The van der Waals surface area contributed by atoms with Crippen LogP contribution >= 0.6 is 0 Å². The normalized spacial score (nSPS) is 102. The van der Waals surface area contributed by atoms with Crippen LogP contribution in [-0.2, 0) is 8.92 Å². The van der Waals surface area contributed by atoms with Crippen LogP contribution in [0.25, 0.3) is 0 Å². The largest absolute Gasteiger partial charge is 0.549 e. The van der Waals surface area contributed by atoms with Crippen molar-refractivity contribution in [3.8, 4) is 0 Å². The first-order chi connectivity index (χ1) is 4.88. The Morgan fingerprint density at radius 1 is 0.800 bits per heavy atom. The molecule has 0 aliphatic carbocycles. The van der Waals surface area contributed by atoms with Gasteiger partial charge in [-0.3, -0.25) is 24.5 Å². The van der Waals surface area contributed by atoms with Crippen molar-refractivity contribution in [3.63, 3.8) is 0 Å². The molecule has 3 spiro atoms.